The maximum absolute atomic E-state index is 11.9. The average molecular weight is 308 g/mol. The Labute approximate surface area is 123 Å². The number of amides is 3. The fraction of sp³-hybridized carbons (Fsp3) is 0.273. The normalized spacial score (nSPS) is 14.5. The van der Waals surface area contributed by atoms with Crippen molar-refractivity contribution in [1.29, 1.82) is 0 Å². The van der Waals surface area contributed by atoms with Crippen molar-refractivity contribution in [2.24, 2.45) is 0 Å². The Morgan fingerprint density at radius 1 is 1.52 bits per heavy atom. The number of furan rings is 1. The molecule has 0 spiro atoms. The van der Waals surface area contributed by atoms with E-state index in [0.29, 0.717) is 29.8 Å². The van der Waals surface area contributed by atoms with Crippen LogP contribution in [0.3, 0.4) is 0 Å². The summed E-state index contributed by atoms with van der Waals surface area (Å²) in [6.45, 7) is 0.857. The fourth-order valence-corrected chi connectivity index (χ4v) is 2.60. The number of imide groups is 1. The highest BCUT2D eigenvalue weighted by Crippen LogP contribution is 2.22. The number of rotatable bonds is 4. The number of carbonyl (C=O) groups excluding carboxylic acids is 2. The molecule has 1 aliphatic heterocycles. The molecule has 3 amide bonds. The van der Waals surface area contributed by atoms with Crippen molar-refractivity contribution >= 4 is 23.7 Å². The number of aromatic nitrogens is 3. The molecule has 3 N–H and O–H groups in total. The molecule has 3 rings (SSSR count). The number of nitrogens with one attached hydrogen (secondary N) is 1. The number of carbonyl (C=O) groups is 2. The molecular formula is C11H12N6O3S. The second-order valence-electron chi connectivity index (χ2n) is 4.22. The molecule has 0 radical (unpaired) electrons. The van der Waals surface area contributed by atoms with E-state index in [0.717, 1.165) is 16.7 Å². The lowest BCUT2D eigenvalue weighted by Gasteiger charge is -2.11. The molecule has 110 valence electrons. The molecule has 0 saturated carbocycles. The van der Waals surface area contributed by atoms with Crippen LogP contribution in [0.5, 0.6) is 0 Å². The van der Waals surface area contributed by atoms with Crippen LogP contribution in [-0.2, 0) is 4.79 Å². The number of nitrogens with zero attached hydrogens (tertiary/aromatic N) is 4. The maximum Gasteiger partial charge on any atom is 0.324 e. The zero-order valence-corrected chi connectivity index (χ0v) is 11.7. The summed E-state index contributed by atoms with van der Waals surface area (Å²) in [5.74, 6) is 6.49. The minimum Gasteiger partial charge on any atom is -0.461 e. The average Bonchev–Trinajstić information content (AvgIpc) is 3.17. The predicted octanol–water partition coefficient (Wildman–Crippen LogP) is -0.104. The van der Waals surface area contributed by atoms with E-state index in [1.165, 1.54) is 10.9 Å². The summed E-state index contributed by atoms with van der Waals surface area (Å²) < 4.78 is 6.44. The molecule has 2 aromatic rings. The van der Waals surface area contributed by atoms with Crippen LogP contribution < -0.4 is 11.2 Å². The molecular weight excluding hydrogens is 296 g/mol. The molecule has 0 unspecified atom stereocenters. The lowest BCUT2D eigenvalue weighted by atomic mass is 10.4. The van der Waals surface area contributed by atoms with Crippen LogP contribution in [0, 0.1) is 0 Å². The van der Waals surface area contributed by atoms with E-state index in [4.69, 9.17) is 10.3 Å². The van der Waals surface area contributed by atoms with Crippen LogP contribution in [0.15, 0.2) is 28.0 Å². The molecule has 1 fully saturated rings. The van der Waals surface area contributed by atoms with Gasteiger partial charge in [0, 0.05) is 13.1 Å². The van der Waals surface area contributed by atoms with Gasteiger partial charge in [0.2, 0.25) is 16.9 Å². The molecule has 0 bridgehead atoms. The number of hydrogen-bond acceptors (Lipinski definition) is 7. The summed E-state index contributed by atoms with van der Waals surface area (Å²) in [6, 6.07) is 3.06. The van der Waals surface area contributed by atoms with Gasteiger partial charge in [-0.1, -0.05) is 11.8 Å². The summed E-state index contributed by atoms with van der Waals surface area (Å²) >= 11 is 1.11. The van der Waals surface area contributed by atoms with Gasteiger partial charge in [0.1, 0.15) is 0 Å². The SMILES string of the molecule is Nn1c(SCC(=O)N2CCNC2=O)nnc1-c1ccco1. The quantitative estimate of drug-likeness (QED) is 0.597. The van der Waals surface area contributed by atoms with E-state index in [9.17, 15) is 9.59 Å². The third-order valence-electron chi connectivity index (χ3n) is 2.89. The zero-order chi connectivity index (χ0) is 14.8. The van der Waals surface area contributed by atoms with E-state index in [1.54, 1.807) is 12.1 Å². The molecule has 0 aromatic carbocycles. The van der Waals surface area contributed by atoms with Crippen LogP contribution in [0.25, 0.3) is 11.6 Å². The standard InChI is InChI=1S/C11H12N6O3S/c12-17-9(7-2-1-5-20-7)14-15-11(17)21-6-8(18)16-4-3-13-10(16)19/h1-2,5H,3-4,6,12H2,(H,13,19). The Kier molecular flexibility index (Phi) is 3.52. The first-order valence-corrected chi connectivity index (χ1v) is 7.10. The van der Waals surface area contributed by atoms with Crippen molar-refractivity contribution in [2.45, 2.75) is 5.16 Å². The van der Waals surface area contributed by atoms with E-state index in [1.807, 2.05) is 0 Å². The number of urea groups is 1. The van der Waals surface area contributed by atoms with Gasteiger partial charge in [0.25, 0.3) is 0 Å². The van der Waals surface area contributed by atoms with Crippen molar-refractivity contribution in [2.75, 3.05) is 24.7 Å². The van der Waals surface area contributed by atoms with E-state index < -0.39 is 0 Å². The third kappa shape index (κ3) is 2.57. The lowest BCUT2D eigenvalue weighted by Crippen LogP contribution is -2.35. The summed E-state index contributed by atoms with van der Waals surface area (Å²) in [5.41, 5.74) is 0. The monoisotopic (exact) mass is 308 g/mol. The minimum absolute atomic E-state index is 0.0565. The fourth-order valence-electron chi connectivity index (χ4n) is 1.86. The van der Waals surface area contributed by atoms with Gasteiger partial charge in [-0.15, -0.1) is 10.2 Å². The molecule has 3 heterocycles. The molecule has 21 heavy (non-hydrogen) atoms. The molecule has 10 heteroatoms. The van der Waals surface area contributed by atoms with Crippen molar-refractivity contribution in [3.8, 4) is 11.6 Å². The van der Waals surface area contributed by atoms with Crippen molar-refractivity contribution in [3.05, 3.63) is 18.4 Å². The highest BCUT2D eigenvalue weighted by Gasteiger charge is 2.26. The minimum atomic E-state index is -0.369. The second kappa shape index (κ2) is 5.48. The topological polar surface area (TPSA) is 119 Å². The number of nitrogens with two attached hydrogens (primary N) is 1. The third-order valence-corrected chi connectivity index (χ3v) is 3.82. The molecule has 0 atom stereocenters. The first-order chi connectivity index (χ1) is 10.2. The van der Waals surface area contributed by atoms with Crippen LogP contribution in [0.4, 0.5) is 4.79 Å². The number of nitrogen functional groups attached to an aromatic ring is 1. The van der Waals surface area contributed by atoms with Crippen molar-refractivity contribution in [1.82, 2.24) is 25.1 Å². The van der Waals surface area contributed by atoms with Crippen molar-refractivity contribution in [3.63, 3.8) is 0 Å². The Morgan fingerprint density at radius 2 is 2.38 bits per heavy atom. The molecule has 2 aromatic heterocycles. The van der Waals surface area contributed by atoms with Crippen molar-refractivity contribution < 1.29 is 14.0 Å². The number of hydrogen-bond donors (Lipinski definition) is 2. The zero-order valence-electron chi connectivity index (χ0n) is 10.9. The Morgan fingerprint density at radius 3 is 3.05 bits per heavy atom. The molecule has 0 aliphatic carbocycles. The van der Waals surface area contributed by atoms with Gasteiger partial charge >= 0.3 is 6.03 Å². The molecule has 1 saturated heterocycles. The highest BCUT2D eigenvalue weighted by atomic mass is 32.2. The summed E-state index contributed by atoms with van der Waals surface area (Å²) in [7, 11) is 0. The van der Waals surface area contributed by atoms with E-state index in [2.05, 4.69) is 15.5 Å². The molecule has 9 nitrogen and oxygen atoms in total. The van der Waals surface area contributed by atoms with Gasteiger partial charge in [-0.25, -0.2) is 9.47 Å². The van der Waals surface area contributed by atoms with Gasteiger partial charge < -0.3 is 15.6 Å². The van der Waals surface area contributed by atoms with E-state index >= 15 is 0 Å². The highest BCUT2D eigenvalue weighted by molar-refractivity contribution is 7.99. The number of thioether (sulfide) groups is 1. The summed E-state index contributed by atoms with van der Waals surface area (Å²) in [6.07, 6.45) is 1.51. The van der Waals surface area contributed by atoms with E-state index in [-0.39, 0.29) is 17.7 Å². The Hall–Kier alpha value is -2.49. The Bertz CT molecular complexity index is 668. The van der Waals surface area contributed by atoms with Crippen LogP contribution in [0.2, 0.25) is 0 Å². The van der Waals surface area contributed by atoms with Gasteiger partial charge in [-0.3, -0.25) is 9.69 Å². The van der Waals surface area contributed by atoms with Gasteiger partial charge in [-0.05, 0) is 12.1 Å². The summed E-state index contributed by atoms with van der Waals surface area (Å²) in [4.78, 5) is 24.4. The first-order valence-electron chi connectivity index (χ1n) is 6.12. The smallest absolute Gasteiger partial charge is 0.324 e. The maximum atomic E-state index is 11.9. The lowest BCUT2D eigenvalue weighted by molar-refractivity contribution is -0.124. The predicted molar refractivity (Wildman–Crippen MR) is 73.7 cm³/mol. The van der Waals surface area contributed by atoms with Gasteiger partial charge in [0.05, 0.1) is 12.0 Å². The van der Waals surface area contributed by atoms with Crippen LogP contribution in [0.1, 0.15) is 0 Å². The van der Waals surface area contributed by atoms with Gasteiger partial charge in [-0.2, -0.15) is 0 Å². The van der Waals surface area contributed by atoms with Crippen LogP contribution in [-0.4, -0.2) is 50.6 Å². The van der Waals surface area contributed by atoms with Gasteiger partial charge in [0.15, 0.2) is 5.76 Å². The molecule has 1 aliphatic rings. The summed E-state index contributed by atoms with van der Waals surface area (Å²) in [5, 5.41) is 10.8. The largest absolute Gasteiger partial charge is 0.461 e. The second-order valence-corrected chi connectivity index (χ2v) is 5.16. The van der Waals surface area contributed by atoms with Crippen LogP contribution >= 0.6 is 11.8 Å². The Balaban J connectivity index is 1.66. The first kappa shape index (κ1) is 13.5.